The summed E-state index contributed by atoms with van der Waals surface area (Å²) in [6, 6.07) is 7.42. The predicted octanol–water partition coefficient (Wildman–Crippen LogP) is 2.30. The van der Waals surface area contributed by atoms with Crippen LogP contribution >= 0.6 is 0 Å². The maximum atomic E-state index is 12.9. The van der Waals surface area contributed by atoms with Crippen LogP contribution in [0.4, 0.5) is 0 Å². The number of morpholine rings is 1. The molecule has 0 radical (unpaired) electrons. The van der Waals surface area contributed by atoms with Crippen molar-refractivity contribution in [2.24, 2.45) is 5.41 Å². The monoisotopic (exact) mass is 398 g/mol. The first-order chi connectivity index (χ1) is 14.1. The number of fused-ring (bicyclic) bond motifs is 1. The Kier molecular flexibility index (Phi) is 4.80. The summed E-state index contributed by atoms with van der Waals surface area (Å²) in [5.74, 6) is -0.0887. The number of hydrogen-bond acceptors (Lipinski definition) is 6. The van der Waals surface area contributed by atoms with Gasteiger partial charge in [-0.2, -0.15) is 0 Å². The maximum Gasteiger partial charge on any atom is 0.312 e. The van der Waals surface area contributed by atoms with Crippen LogP contribution in [0.1, 0.15) is 29.6 Å². The average Bonchev–Trinajstić information content (AvgIpc) is 3.33. The number of rotatable bonds is 3. The fraction of sp³-hybridized carbons (Fsp3) is 0.545. The molecule has 3 saturated heterocycles. The van der Waals surface area contributed by atoms with E-state index in [0.29, 0.717) is 31.5 Å². The molecule has 3 aliphatic rings. The van der Waals surface area contributed by atoms with Gasteiger partial charge in [-0.1, -0.05) is 6.07 Å². The predicted molar refractivity (Wildman–Crippen MR) is 106 cm³/mol. The first kappa shape index (κ1) is 18.6. The fourth-order valence-corrected chi connectivity index (χ4v) is 4.83. The molecule has 1 atom stereocenters. The van der Waals surface area contributed by atoms with Gasteiger partial charge in [-0.05, 0) is 31.0 Å². The first-order valence-corrected chi connectivity index (χ1v) is 10.4. The maximum absolute atomic E-state index is 12.9. The highest BCUT2D eigenvalue weighted by Crippen LogP contribution is 2.43. The van der Waals surface area contributed by atoms with Gasteiger partial charge in [0.1, 0.15) is 11.7 Å². The van der Waals surface area contributed by atoms with Crippen LogP contribution in [-0.2, 0) is 14.3 Å². The molecular weight excluding hydrogens is 372 g/mol. The zero-order valence-electron chi connectivity index (χ0n) is 16.5. The Morgan fingerprint density at radius 1 is 1.10 bits per heavy atom. The Morgan fingerprint density at radius 2 is 1.90 bits per heavy atom. The molecule has 1 aromatic carbocycles. The standard InChI is InChI=1S/C22H26N2O5/c25-20(17-2-1-16-3-10-28-19(16)13-17)24-6-4-22(5-7-24)14-18(29-21(22)26)15-23-8-11-27-12-9-23/h1-3,10,13,18H,4-9,11-12,14-15H2. The van der Waals surface area contributed by atoms with Gasteiger partial charge in [0, 0.05) is 50.1 Å². The average molecular weight is 398 g/mol. The van der Waals surface area contributed by atoms with Gasteiger partial charge in [-0.15, -0.1) is 0 Å². The van der Waals surface area contributed by atoms with Gasteiger partial charge < -0.3 is 18.8 Å². The van der Waals surface area contributed by atoms with E-state index in [1.807, 2.05) is 23.1 Å². The highest BCUT2D eigenvalue weighted by atomic mass is 16.6. The molecule has 3 fully saturated rings. The smallest absolute Gasteiger partial charge is 0.312 e. The van der Waals surface area contributed by atoms with Gasteiger partial charge in [-0.25, -0.2) is 0 Å². The molecule has 4 heterocycles. The number of esters is 1. The number of carbonyl (C=O) groups is 2. The Hall–Kier alpha value is -2.38. The number of cyclic esters (lactones) is 1. The lowest BCUT2D eigenvalue weighted by atomic mass is 9.76. The molecule has 5 rings (SSSR count). The number of carbonyl (C=O) groups excluding carboxylic acids is 2. The van der Waals surface area contributed by atoms with Crippen molar-refractivity contribution >= 4 is 22.8 Å². The Bertz CT molecular complexity index is 909. The summed E-state index contributed by atoms with van der Waals surface area (Å²) < 4.78 is 16.5. The number of amides is 1. The van der Waals surface area contributed by atoms with Gasteiger partial charge in [-0.3, -0.25) is 14.5 Å². The zero-order valence-corrected chi connectivity index (χ0v) is 16.5. The van der Waals surface area contributed by atoms with Gasteiger partial charge in [0.2, 0.25) is 0 Å². The lowest BCUT2D eigenvalue weighted by Crippen LogP contribution is -2.45. The zero-order chi connectivity index (χ0) is 19.8. The molecule has 1 aromatic heterocycles. The molecule has 29 heavy (non-hydrogen) atoms. The van der Waals surface area contributed by atoms with Crippen molar-refractivity contribution in [3.8, 4) is 0 Å². The van der Waals surface area contributed by atoms with E-state index in [9.17, 15) is 9.59 Å². The Balaban J connectivity index is 1.21. The lowest BCUT2D eigenvalue weighted by Gasteiger charge is -2.36. The molecule has 0 N–H and O–H groups in total. The summed E-state index contributed by atoms with van der Waals surface area (Å²) in [6.07, 6.45) is 3.66. The third-order valence-electron chi connectivity index (χ3n) is 6.60. The normalized spacial score (nSPS) is 24.9. The van der Waals surface area contributed by atoms with Crippen LogP contribution in [0.3, 0.4) is 0 Å². The lowest BCUT2D eigenvalue weighted by molar-refractivity contribution is -0.151. The van der Waals surface area contributed by atoms with E-state index < -0.39 is 5.41 Å². The van der Waals surface area contributed by atoms with Crippen molar-refractivity contribution < 1.29 is 23.5 Å². The van der Waals surface area contributed by atoms with Crippen molar-refractivity contribution in [2.75, 3.05) is 45.9 Å². The summed E-state index contributed by atoms with van der Waals surface area (Å²) in [5, 5.41) is 0.985. The molecule has 2 aromatic rings. The molecular formula is C22H26N2O5. The SMILES string of the molecule is O=C(c1ccc2ccoc2c1)N1CCC2(CC1)CC(CN1CCOCC1)OC2=O. The molecule has 0 bridgehead atoms. The topological polar surface area (TPSA) is 72.2 Å². The van der Waals surface area contributed by atoms with Crippen LogP contribution < -0.4 is 0 Å². The number of nitrogens with zero attached hydrogens (tertiary/aromatic N) is 2. The highest BCUT2D eigenvalue weighted by Gasteiger charge is 2.51. The molecule has 3 aliphatic heterocycles. The van der Waals surface area contributed by atoms with Gasteiger partial charge in [0.25, 0.3) is 5.91 Å². The second-order valence-corrected chi connectivity index (χ2v) is 8.39. The van der Waals surface area contributed by atoms with Gasteiger partial charge in [0.05, 0.1) is 24.9 Å². The largest absolute Gasteiger partial charge is 0.464 e. The third-order valence-corrected chi connectivity index (χ3v) is 6.60. The van der Waals surface area contributed by atoms with Crippen molar-refractivity contribution in [1.29, 1.82) is 0 Å². The summed E-state index contributed by atoms with van der Waals surface area (Å²) in [7, 11) is 0. The van der Waals surface area contributed by atoms with Crippen LogP contribution in [0.25, 0.3) is 11.0 Å². The van der Waals surface area contributed by atoms with E-state index in [1.165, 1.54) is 0 Å². The highest BCUT2D eigenvalue weighted by molar-refractivity contribution is 5.97. The van der Waals surface area contributed by atoms with Gasteiger partial charge >= 0.3 is 5.97 Å². The van der Waals surface area contributed by atoms with E-state index in [4.69, 9.17) is 13.9 Å². The van der Waals surface area contributed by atoms with Crippen LogP contribution in [0.2, 0.25) is 0 Å². The summed E-state index contributed by atoms with van der Waals surface area (Å²) in [4.78, 5) is 29.8. The second kappa shape index (κ2) is 7.46. The van der Waals surface area contributed by atoms with Crippen molar-refractivity contribution in [3.05, 3.63) is 36.1 Å². The number of hydrogen-bond donors (Lipinski definition) is 0. The van der Waals surface area contributed by atoms with Crippen molar-refractivity contribution in [1.82, 2.24) is 9.80 Å². The minimum Gasteiger partial charge on any atom is -0.464 e. The van der Waals surface area contributed by atoms with Gasteiger partial charge in [0.15, 0.2) is 0 Å². The molecule has 7 heteroatoms. The van der Waals surface area contributed by atoms with E-state index in [-0.39, 0.29) is 18.0 Å². The van der Waals surface area contributed by atoms with E-state index >= 15 is 0 Å². The van der Waals surface area contributed by atoms with Crippen LogP contribution in [0, 0.1) is 5.41 Å². The number of likely N-dealkylation sites (tertiary alicyclic amines) is 1. The number of furan rings is 1. The molecule has 7 nitrogen and oxygen atoms in total. The Labute approximate surface area is 169 Å². The first-order valence-electron chi connectivity index (χ1n) is 10.4. The fourth-order valence-electron chi connectivity index (χ4n) is 4.83. The van der Waals surface area contributed by atoms with E-state index in [1.54, 1.807) is 12.3 Å². The molecule has 1 amide bonds. The number of piperidine rings is 1. The molecule has 154 valence electrons. The van der Waals surface area contributed by atoms with E-state index in [2.05, 4.69) is 4.90 Å². The molecule has 1 spiro atoms. The second-order valence-electron chi connectivity index (χ2n) is 8.39. The minimum absolute atomic E-state index is 0.00520. The van der Waals surface area contributed by atoms with Crippen LogP contribution in [0.5, 0.6) is 0 Å². The minimum atomic E-state index is -0.432. The number of ether oxygens (including phenoxy) is 2. The quantitative estimate of drug-likeness (QED) is 0.739. The van der Waals surface area contributed by atoms with Crippen molar-refractivity contribution in [2.45, 2.75) is 25.4 Å². The van der Waals surface area contributed by atoms with Crippen LogP contribution in [-0.4, -0.2) is 73.7 Å². The van der Waals surface area contributed by atoms with E-state index in [0.717, 1.165) is 50.2 Å². The summed E-state index contributed by atoms with van der Waals surface area (Å²) in [6.45, 7) is 5.21. The number of benzene rings is 1. The summed E-state index contributed by atoms with van der Waals surface area (Å²) >= 11 is 0. The third kappa shape index (κ3) is 3.53. The molecule has 0 saturated carbocycles. The van der Waals surface area contributed by atoms with Crippen LogP contribution in [0.15, 0.2) is 34.9 Å². The molecule has 0 aliphatic carbocycles. The Morgan fingerprint density at radius 3 is 2.69 bits per heavy atom. The summed E-state index contributed by atoms with van der Waals surface area (Å²) in [5.41, 5.74) is 0.913. The van der Waals surface area contributed by atoms with Crippen molar-refractivity contribution in [3.63, 3.8) is 0 Å². The molecule has 1 unspecified atom stereocenters.